The number of ether oxygens (including phenoxy) is 1. The molecule has 3 aromatic rings. The van der Waals surface area contributed by atoms with Crippen LogP contribution in [0.5, 0.6) is 5.75 Å². The number of fused-ring (bicyclic) bond motifs is 2. The van der Waals surface area contributed by atoms with Crippen LogP contribution in [0.15, 0.2) is 23.0 Å². The van der Waals surface area contributed by atoms with Gasteiger partial charge in [0.2, 0.25) is 5.43 Å². The number of aromatic nitrogens is 1. The number of aromatic amines is 1. The van der Waals surface area contributed by atoms with Crippen molar-refractivity contribution < 1.29 is 22.3 Å². The van der Waals surface area contributed by atoms with Gasteiger partial charge in [0, 0.05) is 5.39 Å². The molecule has 0 spiro atoms. The summed E-state index contributed by atoms with van der Waals surface area (Å²) in [5.41, 5.74) is -1.51. The highest BCUT2D eigenvalue weighted by Crippen LogP contribution is 2.26. The maximum Gasteiger partial charge on any atom is 0.200 e. The Bertz CT molecular complexity index is 949. The van der Waals surface area contributed by atoms with Gasteiger partial charge in [0.05, 0.1) is 23.5 Å². The fraction of sp³-hybridized carbons (Fsp3) is 0.0714. The molecule has 0 aliphatic carbocycles. The first-order valence-electron chi connectivity index (χ1n) is 5.81. The van der Waals surface area contributed by atoms with Crippen LogP contribution in [0.25, 0.3) is 21.8 Å². The van der Waals surface area contributed by atoms with E-state index < -0.39 is 39.6 Å². The summed E-state index contributed by atoms with van der Waals surface area (Å²) in [5.74, 6) is -7.04. The van der Waals surface area contributed by atoms with E-state index in [1.165, 1.54) is 25.3 Å². The summed E-state index contributed by atoms with van der Waals surface area (Å²) in [7, 11) is 1.37. The van der Waals surface area contributed by atoms with Crippen LogP contribution in [-0.2, 0) is 0 Å². The minimum Gasteiger partial charge on any atom is -0.497 e. The number of methoxy groups -OCH3 is 1. The van der Waals surface area contributed by atoms with Crippen LogP contribution in [0.4, 0.5) is 17.6 Å². The van der Waals surface area contributed by atoms with Crippen molar-refractivity contribution >= 4 is 21.8 Å². The quantitative estimate of drug-likeness (QED) is 0.324. The second kappa shape index (κ2) is 4.47. The lowest BCUT2D eigenvalue weighted by Gasteiger charge is -2.07. The Hall–Kier alpha value is -2.57. The smallest absolute Gasteiger partial charge is 0.200 e. The first-order chi connectivity index (χ1) is 9.95. The predicted octanol–water partition coefficient (Wildman–Crippen LogP) is 3.25. The van der Waals surface area contributed by atoms with Crippen molar-refractivity contribution in [3.05, 3.63) is 51.7 Å². The van der Waals surface area contributed by atoms with Gasteiger partial charge in [-0.1, -0.05) is 0 Å². The van der Waals surface area contributed by atoms with E-state index in [2.05, 4.69) is 4.98 Å². The maximum absolute atomic E-state index is 13.8. The number of rotatable bonds is 1. The first kappa shape index (κ1) is 13.4. The van der Waals surface area contributed by atoms with Gasteiger partial charge in [0.25, 0.3) is 0 Å². The van der Waals surface area contributed by atoms with Crippen LogP contribution >= 0.6 is 0 Å². The molecule has 0 aliphatic rings. The summed E-state index contributed by atoms with van der Waals surface area (Å²) in [4.78, 5) is 14.6. The third kappa shape index (κ3) is 1.77. The van der Waals surface area contributed by atoms with Gasteiger partial charge in [-0.15, -0.1) is 0 Å². The van der Waals surface area contributed by atoms with Gasteiger partial charge in [0.1, 0.15) is 5.75 Å². The largest absolute Gasteiger partial charge is 0.497 e. The Morgan fingerprint density at radius 1 is 1.00 bits per heavy atom. The first-order valence-corrected chi connectivity index (χ1v) is 5.81. The zero-order valence-electron chi connectivity index (χ0n) is 10.6. The Balaban J connectivity index is 2.60. The number of nitrogens with one attached hydrogen (secondary N) is 1. The van der Waals surface area contributed by atoms with E-state index in [0.29, 0.717) is 5.75 Å². The van der Waals surface area contributed by atoms with Crippen LogP contribution in [0.3, 0.4) is 0 Å². The van der Waals surface area contributed by atoms with Gasteiger partial charge in [-0.25, -0.2) is 17.6 Å². The van der Waals surface area contributed by atoms with Gasteiger partial charge in [-0.2, -0.15) is 0 Å². The van der Waals surface area contributed by atoms with Crippen LogP contribution < -0.4 is 10.2 Å². The van der Waals surface area contributed by atoms with Gasteiger partial charge in [-0.3, -0.25) is 4.79 Å². The lowest BCUT2D eigenvalue weighted by atomic mass is 10.1. The van der Waals surface area contributed by atoms with E-state index in [1.54, 1.807) is 0 Å². The molecule has 21 heavy (non-hydrogen) atoms. The minimum absolute atomic E-state index is 0.0221. The van der Waals surface area contributed by atoms with E-state index >= 15 is 0 Å². The van der Waals surface area contributed by atoms with E-state index in [4.69, 9.17) is 4.74 Å². The average molecular weight is 297 g/mol. The Morgan fingerprint density at radius 2 is 1.67 bits per heavy atom. The summed E-state index contributed by atoms with van der Waals surface area (Å²) in [6.07, 6.45) is 0. The highest BCUT2D eigenvalue weighted by molar-refractivity contribution is 5.93. The van der Waals surface area contributed by atoms with Crippen LogP contribution in [0.2, 0.25) is 0 Å². The third-order valence-corrected chi connectivity index (χ3v) is 3.23. The number of hydrogen-bond donors (Lipinski definition) is 1. The molecule has 108 valence electrons. The van der Waals surface area contributed by atoms with Gasteiger partial charge < -0.3 is 9.72 Å². The molecule has 1 N–H and O–H groups in total. The van der Waals surface area contributed by atoms with Crippen molar-refractivity contribution in [1.29, 1.82) is 0 Å². The molecular formula is C14H7F4NO2. The lowest BCUT2D eigenvalue weighted by molar-refractivity contribution is 0.415. The average Bonchev–Trinajstić information content (AvgIpc) is 2.50. The van der Waals surface area contributed by atoms with Crippen LogP contribution in [0, 0.1) is 23.3 Å². The fourth-order valence-corrected chi connectivity index (χ4v) is 2.18. The van der Waals surface area contributed by atoms with Crippen LogP contribution in [-0.4, -0.2) is 12.1 Å². The van der Waals surface area contributed by atoms with Crippen molar-refractivity contribution in [2.45, 2.75) is 0 Å². The molecule has 0 bridgehead atoms. The molecule has 3 rings (SSSR count). The Morgan fingerprint density at radius 3 is 2.33 bits per heavy atom. The van der Waals surface area contributed by atoms with E-state index in [0.717, 1.165) is 0 Å². The SMILES string of the molecule is COc1ccc2[nH]c3c(F)c(F)c(F)c(F)c3c(=O)c2c1. The standard InChI is InChI=1S/C14H7F4NO2/c1-21-5-2-3-7-6(4-5)14(20)8-9(15)10(16)11(17)12(18)13(8)19-7/h2-4H,1H3,(H,19,20). The van der Waals surface area contributed by atoms with Crippen molar-refractivity contribution in [2.75, 3.05) is 7.11 Å². The normalized spacial score (nSPS) is 11.3. The summed E-state index contributed by atoms with van der Waals surface area (Å²) >= 11 is 0. The summed E-state index contributed by atoms with van der Waals surface area (Å²) in [6, 6.07) is 4.18. The van der Waals surface area contributed by atoms with Crippen molar-refractivity contribution in [3.8, 4) is 5.75 Å². The maximum atomic E-state index is 13.8. The van der Waals surface area contributed by atoms with Crippen molar-refractivity contribution in [3.63, 3.8) is 0 Å². The lowest BCUT2D eigenvalue weighted by Crippen LogP contribution is -2.11. The molecular weight excluding hydrogens is 290 g/mol. The van der Waals surface area contributed by atoms with E-state index in [1.807, 2.05) is 0 Å². The Labute approximate surface area is 114 Å². The molecule has 7 heteroatoms. The highest BCUT2D eigenvalue weighted by atomic mass is 19.2. The summed E-state index contributed by atoms with van der Waals surface area (Å²) in [5, 5.41) is -0.890. The van der Waals surface area contributed by atoms with Crippen LogP contribution in [0.1, 0.15) is 0 Å². The van der Waals surface area contributed by atoms with Crippen molar-refractivity contribution in [2.24, 2.45) is 0 Å². The molecule has 1 aromatic heterocycles. The highest BCUT2D eigenvalue weighted by Gasteiger charge is 2.23. The molecule has 2 aromatic carbocycles. The topological polar surface area (TPSA) is 42.1 Å². The molecule has 0 fully saturated rings. The molecule has 0 saturated carbocycles. The number of hydrogen-bond acceptors (Lipinski definition) is 2. The predicted molar refractivity (Wildman–Crippen MR) is 68.5 cm³/mol. The number of H-pyrrole nitrogens is 1. The monoisotopic (exact) mass is 297 g/mol. The molecule has 0 radical (unpaired) electrons. The molecule has 0 unspecified atom stereocenters. The van der Waals surface area contributed by atoms with E-state index in [9.17, 15) is 22.4 Å². The third-order valence-electron chi connectivity index (χ3n) is 3.23. The molecule has 3 nitrogen and oxygen atoms in total. The Kier molecular flexibility index (Phi) is 2.86. The fourth-order valence-electron chi connectivity index (χ4n) is 2.18. The van der Waals surface area contributed by atoms with Crippen molar-refractivity contribution in [1.82, 2.24) is 4.98 Å². The molecule has 0 amide bonds. The zero-order chi connectivity index (χ0) is 15.3. The summed E-state index contributed by atoms with van der Waals surface area (Å²) in [6.45, 7) is 0. The molecule has 0 atom stereocenters. The molecule has 0 aliphatic heterocycles. The van der Waals surface area contributed by atoms with E-state index in [-0.39, 0.29) is 10.9 Å². The summed E-state index contributed by atoms with van der Waals surface area (Å²) < 4.78 is 58.9. The molecule has 1 heterocycles. The molecule has 0 saturated heterocycles. The second-order valence-corrected chi connectivity index (χ2v) is 4.37. The number of benzene rings is 2. The van der Waals surface area contributed by atoms with Gasteiger partial charge in [-0.05, 0) is 18.2 Å². The number of pyridine rings is 1. The second-order valence-electron chi connectivity index (χ2n) is 4.37. The number of halogens is 4. The van der Waals surface area contributed by atoms with Gasteiger partial charge >= 0.3 is 0 Å². The zero-order valence-corrected chi connectivity index (χ0v) is 10.6. The van der Waals surface area contributed by atoms with Gasteiger partial charge in [0.15, 0.2) is 23.3 Å². The minimum atomic E-state index is -2.02.